The predicted molar refractivity (Wildman–Crippen MR) is 47.5 cm³/mol. The summed E-state index contributed by atoms with van der Waals surface area (Å²) in [4.78, 5) is 11.6. The molecule has 0 heterocycles. The van der Waals surface area contributed by atoms with Gasteiger partial charge in [0.05, 0.1) is 5.41 Å². The van der Waals surface area contributed by atoms with Gasteiger partial charge in [-0.2, -0.15) is 0 Å². The van der Waals surface area contributed by atoms with Crippen LogP contribution in [0.4, 0.5) is 0 Å². The molecule has 12 heavy (non-hydrogen) atoms. The fourth-order valence-electron chi connectivity index (χ4n) is 2.64. The number of hydrogen-bond donors (Lipinski definition) is 1. The van der Waals surface area contributed by atoms with Gasteiger partial charge in [0.15, 0.2) is 0 Å². The largest absolute Gasteiger partial charge is 0.359 e. The van der Waals surface area contributed by atoms with Gasteiger partial charge in [0, 0.05) is 7.05 Å². The maximum Gasteiger partial charge on any atom is 0.226 e. The van der Waals surface area contributed by atoms with Crippen molar-refractivity contribution in [1.82, 2.24) is 5.32 Å². The molecule has 0 radical (unpaired) electrons. The van der Waals surface area contributed by atoms with Crippen LogP contribution in [0.15, 0.2) is 12.2 Å². The van der Waals surface area contributed by atoms with Crippen LogP contribution in [-0.4, -0.2) is 13.0 Å². The standard InChI is InChI=1S/C10H15NO/c1-10(9(12)11-2)6-7-3-4-8(10)5-7/h3-4,7-8H,5-6H2,1-2H3,(H,11,12)/t7-,8+,10-/m1/s1. The van der Waals surface area contributed by atoms with Crippen LogP contribution in [0.25, 0.3) is 0 Å². The molecule has 2 rings (SSSR count). The molecule has 1 fully saturated rings. The van der Waals surface area contributed by atoms with Crippen LogP contribution in [0.1, 0.15) is 19.8 Å². The summed E-state index contributed by atoms with van der Waals surface area (Å²) in [6.07, 6.45) is 6.69. The summed E-state index contributed by atoms with van der Waals surface area (Å²) in [6, 6.07) is 0. The van der Waals surface area contributed by atoms with Crippen LogP contribution in [0.3, 0.4) is 0 Å². The number of fused-ring (bicyclic) bond motifs is 2. The van der Waals surface area contributed by atoms with E-state index in [1.165, 1.54) is 6.42 Å². The fraction of sp³-hybridized carbons (Fsp3) is 0.700. The van der Waals surface area contributed by atoms with Gasteiger partial charge in [-0.3, -0.25) is 4.79 Å². The van der Waals surface area contributed by atoms with E-state index >= 15 is 0 Å². The maximum atomic E-state index is 11.6. The van der Waals surface area contributed by atoms with Gasteiger partial charge >= 0.3 is 0 Å². The van der Waals surface area contributed by atoms with E-state index in [1.807, 2.05) is 0 Å². The lowest BCUT2D eigenvalue weighted by Crippen LogP contribution is -2.39. The Kier molecular flexibility index (Phi) is 1.53. The second-order valence-corrected chi connectivity index (χ2v) is 4.19. The Bertz CT molecular complexity index is 246. The number of rotatable bonds is 1. The minimum atomic E-state index is -0.117. The summed E-state index contributed by atoms with van der Waals surface area (Å²) >= 11 is 0. The van der Waals surface area contributed by atoms with Gasteiger partial charge in [-0.15, -0.1) is 0 Å². The Morgan fingerprint density at radius 2 is 2.33 bits per heavy atom. The van der Waals surface area contributed by atoms with Crippen LogP contribution in [0.5, 0.6) is 0 Å². The lowest BCUT2D eigenvalue weighted by molar-refractivity contribution is -0.130. The Labute approximate surface area is 73.0 Å². The van der Waals surface area contributed by atoms with Crippen molar-refractivity contribution in [2.45, 2.75) is 19.8 Å². The summed E-state index contributed by atoms with van der Waals surface area (Å²) < 4.78 is 0. The Balaban J connectivity index is 2.23. The number of amides is 1. The van der Waals surface area contributed by atoms with Gasteiger partial charge in [0.2, 0.25) is 5.91 Å². The van der Waals surface area contributed by atoms with Crippen LogP contribution >= 0.6 is 0 Å². The molecule has 0 aromatic heterocycles. The molecule has 3 atom stereocenters. The predicted octanol–water partition coefficient (Wildman–Crippen LogP) is 1.33. The zero-order chi connectivity index (χ0) is 8.77. The summed E-state index contributed by atoms with van der Waals surface area (Å²) in [5.74, 6) is 1.36. The van der Waals surface area contributed by atoms with Crippen LogP contribution < -0.4 is 5.32 Å². The number of carbonyl (C=O) groups excluding carboxylic acids is 1. The van der Waals surface area contributed by atoms with Crippen molar-refractivity contribution < 1.29 is 4.79 Å². The summed E-state index contributed by atoms with van der Waals surface area (Å²) in [6.45, 7) is 2.08. The molecule has 2 heteroatoms. The number of carbonyl (C=O) groups is 1. The van der Waals surface area contributed by atoms with Gasteiger partial charge in [0.25, 0.3) is 0 Å². The van der Waals surface area contributed by atoms with E-state index in [-0.39, 0.29) is 11.3 Å². The molecule has 1 saturated carbocycles. The van der Waals surface area contributed by atoms with Crippen molar-refractivity contribution in [1.29, 1.82) is 0 Å². The highest BCUT2D eigenvalue weighted by Crippen LogP contribution is 2.51. The minimum absolute atomic E-state index is 0.117. The topological polar surface area (TPSA) is 29.1 Å². The first-order chi connectivity index (χ1) is 5.66. The summed E-state index contributed by atoms with van der Waals surface area (Å²) in [7, 11) is 1.73. The molecule has 2 aliphatic carbocycles. The molecule has 1 N–H and O–H groups in total. The van der Waals surface area contributed by atoms with Gasteiger partial charge < -0.3 is 5.32 Å². The third-order valence-corrected chi connectivity index (χ3v) is 3.42. The van der Waals surface area contributed by atoms with Gasteiger partial charge in [-0.05, 0) is 24.7 Å². The molecule has 0 unspecified atom stereocenters. The Morgan fingerprint density at radius 3 is 2.75 bits per heavy atom. The number of allylic oxidation sites excluding steroid dienone is 2. The second-order valence-electron chi connectivity index (χ2n) is 4.19. The van der Waals surface area contributed by atoms with Gasteiger partial charge in [-0.25, -0.2) is 0 Å². The quantitative estimate of drug-likeness (QED) is 0.584. The summed E-state index contributed by atoms with van der Waals surface area (Å²) in [5.41, 5.74) is -0.117. The number of hydrogen-bond acceptors (Lipinski definition) is 1. The average Bonchev–Trinajstić information content (AvgIpc) is 2.62. The third kappa shape index (κ3) is 0.838. The van der Waals surface area contributed by atoms with Crippen molar-refractivity contribution in [3.63, 3.8) is 0 Å². The molecule has 0 aromatic carbocycles. The molecular weight excluding hydrogens is 150 g/mol. The monoisotopic (exact) mass is 165 g/mol. The normalized spacial score (nSPS) is 43.5. The van der Waals surface area contributed by atoms with Crippen molar-refractivity contribution in [2.75, 3.05) is 7.05 Å². The van der Waals surface area contributed by atoms with Crippen molar-refractivity contribution in [3.05, 3.63) is 12.2 Å². The molecule has 2 nitrogen and oxygen atoms in total. The first kappa shape index (κ1) is 7.84. The Morgan fingerprint density at radius 1 is 1.58 bits per heavy atom. The van der Waals surface area contributed by atoms with E-state index in [4.69, 9.17) is 0 Å². The third-order valence-electron chi connectivity index (χ3n) is 3.42. The van der Waals surface area contributed by atoms with E-state index in [2.05, 4.69) is 24.4 Å². The molecule has 0 aliphatic heterocycles. The fourth-order valence-corrected chi connectivity index (χ4v) is 2.64. The van der Waals surface area contributed by atoms with Gasteiger partial charge in [0.1, 0.15) is 0 Å². The highest BCUT2D eigenvalue weighted by molar-refractivity contribution is 5.83. The average molecular weight is 165 g/mol. The lowest BCUT2D eigenvalue weighted by atomic mass is 9.77. The van der Waals surface area contributed by atoms with E-state index < -0.39 is 0 Å². The summed E-state index contributed by atoms with van der Waals surface area (Å²) in [5, 5.41) is 2.76. The van der Waals surface area contributed by atoms with Crippen molar-refractivity contribution >= 4 is 5.91 Å². The Hall–Kier alpha value is -0.790. The minimum Gasteiger partial charge on any atom is -0.359 e. The lowest BCUT2D eigenvalue weighted by Gasteiger charge is -2.28. The van der Waals surface area contributed by atoms with E-state index in [0.29, 0.717) is 11.8 Å². The smallest absolute Gasteiger partial charge is 0.226 e. The van der Waals surface area contributed by atoms with E-state index in [1.54, 1.807) is 7.05 Å². The molecule has 2 aliphatic rings. The molecule has 2 bridgehead atoms. The molecule has 66 valence electrons. The SMILES string of the molecule is CNC(=O)[C@]1(C)C[C@@H]2C=C[C@H]1C2. The van der Waals surface area contributed by atoms with E-state index in [0.717, 1.165) is 6.42 Å². The zero-order valence-electron chi connectivity index (χ0n) is 7.63. The molecule has 1 amide bonds. The first-order valence-corrected chi connectivity index (χ1v) is 4.57. The molecule has 0 aromatic rings. The molecule has 0 saturated heterocycles. The number of nitrogens with one attached hydrogen (secondary N) is 1. The maximum absolute atomic E-state index is 11.6. The van der Waals surface area contributed by atoms with Gasteiger partial charge in [-0.1, -0.05) is 19.1 Å². The highest BCUT2D eigenvalue weighted by Gasteiger charge is 2.49. The molecule has 0 spiro atoms. The van der Waals surface area contributed by atoms with E-state index in [9.17, 15) is 4.79 Å². The van der Waals surface area contributed by atoms with Crippen molar-refractivity contribution in [3.8, 4) is 0 Å². The first-order valence-electron chi connectivity index (χ1n) is 4.57. The molecular formula is C10H15NO. The van der Waals surface area contributed by atoms with Crippen LogP contribution in [0, 0.1) is 17.3 Å². The zero-order valence-corrected chi connectivity index (χ0v) is 7.63. The second kappa shape index (κ2) is 2.35. The highest BCUT2D eigenvalue weighted by atomic mass is 16.2. The van der Waals surface area contributed by atoms with Crippen molar-refractivity contribution in [2.24, 2.45) is 17.3 Å². The van der Waals surface area contributed by atoms with Crippen LogP contribution in [0.2, 0.25) is 0 Å². The van der Waals surface area contributed by atoms with Crippen LogP contribution in [-0.2, 0) is 4.79 Å².